The van der Waals surface area contributed by atoms with Gasteiger partial charge in [-0.2, -0.15) is 0 Å². The molecule has 0 radical (unpaired) electrons. The molecular weight excluding hydrogens is 216 g/mol. The van der Waals surface area contributed by atoms with Crippen molar-refractivity contribution in [3.05, 3.63) is 23.8 Å². The topological polar surface area (TPSA) is 64.3 Å². The molecule has 0 bridgehead atoms. The molecule has 0 aromatic heterocycles. The van der Waals surface area contributed by atoms with E-state index >= 15 is 0 Å². The number of rotatable bonds is 4. The van der Waals surface area contributed by atoms with Crippen LogP contribution in [0.3, 0.4) is 0 Å². The number of hydrogen-bond donors (Lipinski definition) is 2. The Labute approximate surface area is 102 Å². The minimum absolute atomic E-state index is 0.127. The first-order chi connectivity index (χ1) is 7.97. The number of esters is 1. The number of anilines is 2. The van der Waals surface area contributed by atoms with E-state index in [-0.39, 0.29) is 17.9 Å². The summed E-state index contributed by atoms with van der Waals surface area (Å²) in [5, 5.41) is 3.14. The highest BCUT2D eigenvalue weighted by Gasteiger charge is 2.23. The van der Waals surface area contributed by atoms with Gasteiger partial charge in [0.05, 0.1) is 18.5 Å². The van der Waals surface area contributed by atoms with Crippen LogP contribution in [0.5, 0.6) is 0 Å². The van der Waals surface area contributed by atoms with Gasteiger partial charge in [-0.1, -0.05) is 26.0 Å². The van der Waals surface area contributed by atoms with Crippen molar-refractivity contribution in [2.75, 3.05) is 18.2 Å². The van der Waals surface area contributed by atoms with Crippen molar-refractivity contribution < 1.29 is 9.53 Å². The number of benzene rings is 1. The molecule has 0 spiro atoms. The third-order valence-corrected chi connectivity index (χ3v) is 2.76. The van der Waals surface area contributed by atoms with Gasteiger partial charge in [0.1, 0.15) is 6.04 Å². The first kappa shape index (κ1) is 13.4. The summed E-state index contributed by atoms with van der Waals surface area (Å²) >= 11 is 0. The van der Waals surface area contributed by atoms with Crippen molar-refractivity contribution in [3.63, 3.8) is 0 Å². The van der Waals surface area contributed by atoms with E-state index in [0.29, 0.717) is 5.69 Å². The zero-order valence-corrected chi connectivity index (χ0v) is 10.8. The van der Waals surface area contributed by atoms with E-state index in [1.54, 1.807) is 0 Å². The Balaban J connectivity index is 2.94. The van der Waals surface area contributed by atoms with Crippen LogP contribution in [-0.4, -0.2) is 19.1 Å². The number of aryl methyl sites for hydroxylation is 1. The van der Waals surface area contributed by atoms with Crippen LogP contribution in [0.25, 0.3) is 0 Å². The Bertz CT molecular complexity index is 402. The molecule has 0 heterocycles. The molecule has 0 aliphatic carbocycles. The molecule has 0 aliphatic heterocycles. The van der Waals surface area contributed by atoms with E-state index in [9.17, 15) is 4.79 Å². The molecule has 1 unspecified atom stereocenters. The number of carbonyl (C=O) groups excluding carboxylic acids is 1. The zero-order valence-electron chi connectivity index (χ0n) is 10.8. The van der Waals surface area contributed by atoms with Crippen LogP contribution in [0, 0.1) is 12.8 Å². The van der Waals surface area contributed by atoms with Crippen molar-refractivity contribution in [2.45, 2.75) is 26.8 Å². The first-order valence-electron chi connectivity index (χ1n) is 5.66. The Morgan fingerprint density at radius 1 is 1.41 bits per heavy atom. The van der Waals surface area contributed by atoms with Gasteiger partial charge in [-0.25, -0.2) is 4.79 Å². The van der Waals surface area contributed by atoms with Gasteiger partial charge in [-0.3, -0.25) is 0 Å². The highest BCUT2D eigenvalue weighted by atomic mass is 16.5. The largest absolute Gasteiger partial charge is 0.467 e. The van der Waals surface area contributed by atoms with Gasteiger partial charge in [0, 0.05) is 0 Å². The molecule has 17 heavy (non-hydrogen) atoms. The van der Waals surface area contributed by atoms with E-state index in [1.807, 2.05) is 39.0 Å². The van der Waals surface area contributed by atoms with Crippen molar-refractivity contribution in [1.29, 1.82) is 0 Å². The second kappa shape index (κ2) is 5.57. The molecule has 0 fully saturated rings. The van der Waals surface area contributed by atoms with Gasteiger partial charge in [-0.15, -0.1) is 0 Å². The van der Waals surface area contributed by atoms with E-state index in [2.05, 4.69) is 5.32 Å². The van der Waals surface area contributed by atoms with Crippen LogP contribution in [0.4, 0.5) is 11.4 Å². The summed E-state index contributed by atoms with van der Waals surface area (Å²) in [4.78, 5) is 11.6. The standard InChI is InChI=1S/C13H20N2O2/c1-8(2)12(13(16)17-4)15-10-7-5-6-9(3)11(10)14/h5-8,12,15H,14H2,1-4H3. The fraction of sp³-hybridized carbons (Fsp3) is 0.462. The molecule has 0 saturated carbocycles. The predicted molar refractivity (Wildman–Crippen MR) is 69.9 cm³/mol. The molecule has 4 nitrogen and oxygen atoms in total. The Morgan fingerprint density at radius 3 is 2.59 bits per heavy atom. The Kier molecular flexibility index (Phi) is 4.37. The minimum Gasteiger partial charge on any atom is -0.467 e. The molecule has 0 aliphatic rings. The van der Waals surface area contributed by atoms with Crippen LogP contribution < -0.4 is 11.1 Å². The Morgan fingerprint density at radius 2 is 2.06 bits per heavy atom. The maximum Gasteiger partial charge on any atom is 0.328 e. The number of nitrogen functional groups attached to an aromatic ring is 1. The van der Waals surface area contributed by atoms with Crippen LogP contribution in [-0.2, 0) is 9.53 Å². The average Bonchev–Trinajstić information content (AvgIpc) is 2.29. The van der Waals surface area contributed by atoms with Crippen molar-refractivity contribution in [2.24, 2.45) is 5.92 Å². The molecule has 1 aromatic carbocycles. The smallest absolute Gasteiger partial charge is 0.328 e. The summed E-state index contributed by atoms with van der Waals surface area (Å²) in [6.07, 6.45) is 0. The van der Waals surface area contributed by atoms with Gasteiger partial charge in [-0.05, 0) is 24.5 Å². The number of hydrogen-bond acceptors (Lipinski definition) is 4. The summed E-state index contributed by atoms with van der Waals surface area (Å²) in [5.74, 6) is -0.150. The number of para-hydroxylation sites is 1. The molecule has 3 N–H and O–H groups in total. The zero-order chi connectivity index (χ0) is 13.0. The fourth-order valence-corrected chi connectivity index (χ4v) is 1.60. The van der Waals surface area contributed by atoms with E-state index in [4.69, 9.17) is 10.5 Å². The normalized spacial score (nSPS) is 12.3. The summed E-state index contributed by atoms with van der Waals surface area (Å²) in [5.41, 5.74) is 8.39. The lowest BCUT2D eigenvalue weighted by Crippen LogP contribution is -2.35. The maximum absolute atomic E-state index is 11.6. The van der Waals surface area contributed by atoms with Crippen LogP contribution >= 0.6 is 0 Å². The second-order valence-corrected chi connectivity index (χ2v) is 4.43. The summed E-state index contributed by atoms with van der Waals surface area (Å²) in [6, 6.07) is 5.32. The highest BCUT2D eigenvalue weighted by Crippen LogP contribution is 2.24. The number of carbonyl (C=O) groups is 1. The lowest BCUT2D eigenvalue weighted by atomic mass is 10.0. The molecule has 94 valence electrons. The summed E-state index contributed by atoms with van der Waals surface area (Å²) in [7, 11) is 1.39. The van der Waals surface area contributed by atoms with Crippen molar-refractivity contribution >= 4 is 17.3 Å². The number of ether oxygens (including phenoxy) is 1. The third-order valence-electron chi connectivity index (χ3n) is 2.76. The molecule has 0 amide bonds. The average molecular weight is 236 g/mol. The van der Waals surface area contributed by atoms with E-state index < -0.39 is 0 Å². The SMILES string of the molecule is COC(=O)C(Nc1cccc(C)c1N)C(C)C. The monoisotopic (exact) mass is 236 g/mol. The third kappa shape index (κ3) is 3.12. The molecule has 1 aromatic rings. The summed E-state index contributed by atoms with van der Waals surface area (Å²) < 4.78 is 4.77. The lowest BCUT2D eigenvalue weighted by Gasteiger charge is -2.22. The molecule has 4 heteroatoms. The van der Waals surface area contributed by atoms with Gasteiger partial charge < -0.3 is 15.8 Å². The quantitative estimate of drug-likeness (QED) is 0.621. The second-order valence-electron chi connectivity index (χ2n) is 4.43. The van der Waals surface area contributed by atoms with Crippen LogP contribution in [0.1, 0.15) is 19.4 Å². The van der Waals surface area contributed by atoms with Crippen molar-refractivity contribution in [3.8, 4) is 0 Å². The highest BCUT2D eigenvalue weighted by molar-refractivity contribution is 5.82. The van der Waals surface area contributed by atoms with Gasteiger partial charge in [0.2, 0.25) is 0 Å². The number of nitrogens with two attached hydrogens (primary N) is 1. The number of methoxy groups -OCH3 is 1. The van der Waals surface area contributed by atoms with E-state index in [1.165, 1.54) is 7.11 Å². The lowest BCUT2D eigenvalue weighted by molar-refractivity contribution is -0.142. The molecule has 0 saturated heterocycles. The first-order valence-corrected chi connectivity index (χ1v) is 5.66. The molecule has 1 rings (SSSR count). The van der Waals surface area contributed by atoms with Gasteiger partial charge >= 0.3 is 5.97 Å². The predicted octanol–water partition coefficient (Wildman–Crippen LogP) is 2.19. The summed E-state index contributed by atoms with van der Waals surface area (Å²) in [6.45, 7) is 5.85. The fourth-order valence-electron chi connectivity index (χ4n) is 1.60. The van der Waals surface area contributed by atoms with E-state index in [0.717, 1.165) is 11.3 Å². The number of nitrogens with one attached hydrogen (secondary N) is 1. The molecule has 1 atom stereocenters. The minimum atomic E-state index is -0.385. The van der Waals surface area contributed by atoms with Crippen LogP contribution in [0.15, 0.2) is 18.2 Å². The van der Waals surface area contributed by atoms with Gasteiger partial charge in [0.25, 0.3) is 0 Å². The molecular formula is C13H20N2O2. The Hall–Kier alpha value is -1.71. The maximum atomic E-state index is 11.6. The van der Waals surface area contributed by atoms with Gasteiger partial charge in [0.15, 0.2) is 0 Å². The van der Waals surface area contributed by atoms with Crippen LogP contribution in [0.2, 0.25) is 0 Å². The van der Waals surface area contributed by atoms with Crippen molar-refractivity contribution in [1.82, 2.24) is 0 Å².